The van der Waals surface area contributed by atoms with Gasteiger partial charge >= 0.3 is 0 Å². The maximum absolute atomic E-state index is 6.18. The van der Waals surface area contributed by atoms with E-state index in [4.69, 9.17) is 10.5 Å². The second-order valence-corrected chi connectivity index (χ2v) is 6.34. The molecule has 1 fully saturated rings. The summed E-state index contributed by atoms with van der Waals surface area (Å²) in [5.74, 6) is 0.884. The largest absolute Gasteiger partial charge is 0.496 e. The van der Waals surface area contributed by atoms with Crippen molar-refractivity contribution in [3.8, 4) is 5.75 Å². The van der Waals surface area contributed by atoms with Gasteiger partial charge in [0.25, 0.3) is 0 Å². The molecule has 1 aliphatic heterocycles. The zero-order valence-corrected chi connectivity index (χ0v) is 13.3. The first-order chi connectivity index (χ1) is 9.36. The average molecular weight is 277 g/mol. The van der Waals surface area contributed by atoms with Gasteiger partial charge in [0.2, 0.25) is 0 Å². The summed E-state index contributed by atoms with van der Waals surface area (Å²) in [4.78, 5) is 4.84. The van der Waals surface area contributed by atoms with Gasteiger partial charge in [-0.05, 0) is 40.0 Å². The fourth-order valence-electron chi connectivity index (χ4n) is 2.89. The number of rotatable bonds is 3. The van der Waals surface area contributed by atoms with Crippen molar-refractivity contribution in [3.05, 3.63) is 23.8 Å². The Morgan fingerprint density at radius 2 is 2.00 bits per heavy atom. The Morgan fingerprint density at radius 3 is 2.55 bits per heavy atom. The van der Waals surface area contributed by atoms with Crippen molar-refractivity contribution in [2.24, 2.45) is 5.73 Å². The number of hydrogen-bond acceptors (Lipinski definition) is 4. The van der Waals surface area contributed by atoms with Gasteiger partial charge in [0.15, 0.2) is 0 Å². The predicted molar refractivity (Wildman–Crippen MR) is 84.5 cm³/mol. The molecule has 0 aliphatic carbocycles. The van der Waals surface area contributed by atoms with Gasteiger partial charge in [0.05, 0.1) is 7.11 Å². The van der Waals surface area contributed by atoms with E-state index in [2.05, 4.69) is 36.8 Å². The molecule has 4 heteroatoms. The average Bonchev–Trinajstić information content (AvgIpc) is 2.40. The lowest BCUT2D eigenvalue weighted by molar-refractivity contribution is 0.138. The van der Waals surface area contributed by atoms with Crippen molar-refractivity contribution in [3.63, 3.8) is 0 Å². The fourth-order valence-corrected chi connectivity index (χ4v) is 2.89. The monoisotopic (exact) mass is 277 g/mol. The summed E-state index contributed by atoms with van der Waals surface area (Å²) in [6, 6.07) is 6.15. The zero-order chi connectivity index (χ0) is 14.9. The highest BCUT2D eigenvalue weighted by Crippen LogP contribution is 2.35. The second-order valence-electron chi connectivity index (χ2n) is 6.34. The predicted octanol–water partition coefficient (Wildman–Crippen LogP) is 2.25. The summed E-state index contributed by atoms with van der Waals surface area (Å²) in [6.07, 6.45) is 0. The number of piperazine rings is 1. The fraction of sp³-hybridized carbons (Fsp3) is 0.625. The Morgan fingerprint density at radius 1 is 1.30 bits per heavy atom. The quantitative estimate of drug-likeness (QED) is 0.920. The molecule has 0 radical (unpaired) electrons. The van der Waals surface area contributed by atoms with Crippen LogP contribution in [0.5, 0.6) is 5.75 Å². The molecule has 1 atom stereocenters. The molecule has 0 unspecified atom stereocenters. The minimum Gasteiger partial charge on any atom is -0.496 e. The van der Waals surface area contributed by atoms with Gasteiger partial charge < -0.3 is 15.4 Å². The lowest BCUT2D eigenvalue weighted by Crippen LogP contribution is -2.58. The molecule has 1 saturated heterocycles. The molecule has 4 nitrogen and oxygen atoms in total. The van der Waals surface area contributed by atoms with Crippen molar-refractivity contribution < 1.29 is 4.74 Å². The summed E-state index contributed by atoms with van der Waals surface area (Å²) in [7, 11) is 3.90. The lowest BCUT2D eigenvalue weighted by atomic mass is 9.97. The van der Waals surface area contributed by atoms with Crippen molar-refractivity contribution in [2.75, 3.05) is 38.7 Å². The molecule has 2 rings (SSSR count). The Hall–Kier alpha value is -1.26. The molecule has 0 saturated carbocycles. The number of nitrogens with two attached hydrogens (primary N) is 1. The SMILES string of the molecule is COc1cccc(N2CCN(C)C(C)(C)C2)c1[C@H](C)N. The van der Waals surface area contributed by atoms with E-state index in [0.717, 1.165) is 30.9 Å². The number of likely N-dealkylation sites (N-methyl/N-ethyl adjacent to an activating group) is 1. The van der Waals surface area contributed by atoms with Gasteiger partial charge in [0.1, 0.15) is 5.75 Å². The van der Waals surface area contributed by atoms with Crippen molar-refractivity contribution in [1.82, 2.24) is 4.90 Å². The van der Waals surface area contributed by atoms with Crippen LogP contribution in [0.4, 0.5) is 5.69 Å². The second kappa shape index (κ2) is 5.62. The first-order valence-corrected chi connectivity index (χ1v) is 7.25. The molecule has 0 spiro atoms. The van der Waals surface area contributed by atoms with E-state index >= 15 is 0 Å². The highest BCUT2D eigenvalue weighted by molar-refractivity contribution is 5.61. The van der Waals surface area contributed by atoms with E-state index in [1.807, 2.05) is 19.1 Å². The standard InChI is InChI=1S/C16H27N3O/c1-12(17)15-13(7-6-8-14(15)20-5)19-10-9-18(4)16(2,3)11-19/h6-8,12H,9-11,17H2,1-5H3/t12-/m0/s1. The Labute approximate surface area is 122 Å². The third-order valence-corrected chi connectivity index (χ3v) is 4.38. The Balaban J connectivity index is 2.38. The minimum atomic E-state index is -0.0380. The molecule has 1 aromatic carbocycles. The first kappa shape index (κ1) is 15.1. The van der Waals surface area contributed by atoms with Crippen LogP contribution in [0.1, 0.15) is 32.4 Å². The summed E-state index contributed by atoms with van der Waals surface area (Å²) in [5, 5.41) is 0. The Kier molecular flexibility index (Phi) is 4.25. The maximum Gasteiger partial charge on any atom is 0.125 e. The highest BCUT2D eigenvalue weighted by Gasteiger charge is 2.32. The van der Waals surface area contributed by atoms with E-state index in [-0.39, 0.29) is 11.6 Å². The van der Waals surface area contributed by atoms with Crippen LogP contribution in [0.3, 0.4) is 0 Å². The third-order valence-electron chi connectivity index (χ3n) is 4.38. The van der Waals surface area contributed by atoms with Crippen LogP contribution >= 0.6 is 0 Å². The maximum atomic E-state index is 6.18. The molecule has 0 amide bonds. The normalized spacial score (nSPS) is 20.8. The molecule has 1 aliphatic rings. The van der Waals surface area contributed by atoms with E-state index in [9.17, 15) is 0 Å². The van der Waals surface area contributed by atoms with E-state index < -0.39 is 0 Å². The number of hydrogen-bond donors (Lipinski definition) is 1. The van der Waals surface area contributed by atoms with Crippen LogP contribution in [-0.2, 0) is 0 Å². The zero-order valence-electron chi connectivity index (χ0n) is 13.3. The number of benzene rings is 1. The molecule has 112 valence electrons. The number of ether oxygens (including phenoxy) is 1. The van der Waals surface area contributed by atoms with Crippen molar-refractivity contribution >= 4 is 5.69 Å². The van der Waals surface area contributed by atoms with Crippen LogP contribution in [0.2, 0.25) is 0 Å². The molecule has 2 N–H and O–H groups in total. The van der Waals surface area contributed by atoms with Gasteiger partial charge in [-0.3, -0.25) is 4.90 Å². The van der Waals surface area contributed by atoms with Gasteiger partial charge in [-0.2, -0.15) is 0 Å². The number of methoxy groups -OCH3 is 1. The van der Waals surface area contributed by atoms with E-state index in [1.54, 1.807) is 7.11 Å². The van der Waals surface area contributed by atoms with Gasteiger partial charge in [0, 0.05) is 42.5 Å². The number of nitrogens with zero attached hydrogens (tertiary/aromatic N) is 2. The Bertz CT molecular complexity index is 471. The van der Waals surface area contributed by atoms with Crippen LogP contribution in [0, 0.1) is 0 Å². The van der Waals surface area contributed by atoms with Gasteiger partial charge in [-0.15, -0.1) is 0 Å². The topological polar surface area (TPSA) is 41.7 Å². The molecule has 1 aromatic rings. The van der Waals surface area contributed by atoms with E-state index in [0.29, 0.717) is 0 Å². The highest BCUT2D eigenvalue weighted by atomic mass is 16.5. The minimum absolute atomic E-state index is 0.0380. The summed E-state index contributed by atoms with van der Waals surface area (Å²) in [5.41, 5.74) is 8.65. The molecule has 20 heavy (non-hydrogen) atoms. The summed E-state index contributed by atoms with van der Waals surface area (Å²) in [6.45, 7) is 9.66. The molecular weight excluding hydrogens is 250 g/mol. The smallest absolute Gasteiger partial charge is 0.125 e. The molecule has 1 heterocycles. The summed E-state index contributed by atoms with van der Waals surface area (Å²) < 4.78 is 5.49. The first-order valence-electron chi connectivity index (χ1n) is 7.25. The number of anilines is 1. The van der Waals surface area contributed by atoms with Crippen molar-refractivity contribution in [2.45, 2.75) is 32.4 Å². The third kappa shape index (κ3) is 2.76. The van der Waals surface area contributed by atoms with Gasteiger partial charge in [-0.1, -0.05) is 6.07 Å². The van der Waals surface area contributed by atoms with Crippen LogP contribution in [0.25, 0.3) is 0 Å². The molecule has 0 bridgehead atoms. The molecular formula is C16H27N3O. The van der Waals surface area contributed by atoms with Crippen LogP contribution in [0.15, 0.2) is 18.2 Å². The summed E-state index contributed by atoms with van der Waals surface area (Å²) >= 11 is 0. The van der Waals surface area contributed by atoms with Gasteiger partial charge in [-0.25, -0.2) is 0 Å². The lowest BCUT2D eigenvalue weighted by Gasteiger charge is -2.47. The van der Waals surface area contributed by atoms with Crippen molar-refractivity contribution in [1.29, 1.82) is 0 Å². The molecule has 0 aromatic heterocycles. The van der Waals surface area contributed by atoms with E-state index in [1.165, 1.54) is 5.69 Å². The van der Waals surface area contributed by atoms with Crippen LogP contribution < -0.4 is 15.4 Å². The van der Waals surface area contributed by atoms with Crippen LogP contribution in [-0.4, -0.2) is 44.2 Å².